The fourth-order valence-corrected chi connectivity index (χ4v) is 3.75. The third-order valence-electron chi connectivity index (χ3n) is 5.07. The summed E-state index contributed by atoms with van der Waals surface area (Å²) in [5, 5.41) is 3.81. The van der Waals surface area contributed by atoms with Gasteiger partial charge in [-0.05, 0) is 50.7 Å². The molecule has 0 amide bonds. The van der Waals surface area contributed by atoms with E-state index >= 15 is 0 Å². The summed E-state index contributed by atoms with van der Waals surface area (Å²) in [7, 11) is 0. The van der Waals surface area contributed by atoms with Crippen LogP contribution in [0.1, 0.15) is 50.5 Å². The van der Waals surface area contributed by atoms with Crippen molar-refractivity contribution in [2.75, 3.05) is 0 Å². The maximum atomic E-state index is 6.34. The maximum Gasteiger partial charge on any atom is 0.122 e. The van der Waals surface area contributed by atoms with Crippen LogP contribution in [0.2, 0.25) is 0 Å². The molecule has 2 saturated carbocycles. The second-order valence-electron chi connectivity index (χ2n) is 6.68. The highest BCUT2D eigenvalue weighted by Crippen LogP contribution is 2.28. The Morgan fingerprint density at radius 3 is 2.52 bits per heavy atom. The van der Waals surface area contributed by atoms with Gasteiger partial charge in [-0.15, -0.1) is 0 Å². The van der Waals surface area contributed by atoms with E-state index in [1.165, 1.54) is 37.7 Å². The monoisotopic (exact) mass is 288 g/mol. The highest BCUT2D eigenvalue weighted by atomic mass is 16.5. The Morgan fingerprint density at radius 1 is 1.00 bits per heavy atom. The fraction of sp³-hybridized carbons (Fsp3) is 0.667. The minimum absolute atomic E-state index is 0.285. The van der Waals surface area contributed by atoms with Gasteiger partial charge in [-0.1, -0.05) is 31.0 Å². The lowest BCUT2D eigenvalue weighted by atomic mass is 9.91. The van der Waals surface area contributed by atoms with Gasteiger partial charge in [0.1, 0.15) is 11.9 Å². The van der Waals surface area contributed by atoms with Crippen molar-refractivity contribution in [1.82, 2.24) is 5.32 Å². The summed E-state index contributed by atoms with van der Waals surface area (Å²) in [6, 6.07) is 9.58. The Bertz CT molecular complexity index is 462. The lowest BCUT2D eigenvalue weighted by Gasteiger charge is -2.35. The number of hydrogen-bond donors (Lipinski definition) is 2. The maximum absolute atomic E-state index is 6.34. The molecule has 0 unspecified atom stereocenters. The minimum Gasteiger partial charge on any atom is -0.489 e. The Morgan fingerprint density at radius 2 is 1.76 bits per heavy atom. The molecule has 0 aromatic heterocycles. The number of ether oxygens (including phenoxy) is 1. The molecule has 2 fully saturated rings. The molecule has 0 bridgehead atoms. The fourth-order valence-electron chi connectivity index (χ4n) is 3.75. The van der Waals surface area contributed by atoms with Gasteiger partial charge in [0.05, 0.1) is 0 Å². The molecule has 0 spiro atoms. The molecule has 2 aliphatic rings. The number of benzene rings is 1. The molecule has 3 rings (SSSR count). The van der Waals surface area contributed by atoms with Crippen LogP contribution in [0.25, 0.3) is 0 Å². The van der Waals surface area contributed by atoms with E-state index in [0.29, 0.717) is 18.1 Å². The first-order valence-electron chi connectivity index (χ1n) is 8.48. The summed E-state index contributed by atoms with van der Waals surface area (Å²) >= 11 is 0. The standard InChI is InChI=1S/C18H28N2O/c1-13-7-2-4-11-17(13)21-18-12-5-3-9-16(18)20-15-10-6-8-14(15)19/h2,4,7,11,14-16,18,20H,3,5-6,8-10,12,19H2,1H3/t14-,15+,16+,18-/m0/s1. The van der Waals surface area contributed by atoms with Gasteiger partial charge < -0.3 is 15.8 Å². The van der Waals surface area contributed by atoms with Gasteiger partial charge in [-0.2, -0.15) is 0 Å². The molecular formula is C18H28N2O. The third kappa shape index (κ3) is 3.58. The number of nitrogens with one attached hydrogen (secondary N) is 1. The van der Waals surface area contributed by atoms with Crippen LogP contribution in [0.5, 0.6) is 5.75 Å². The van der Waals surface area contributed by atoms with Gasteiger partial charge in [-0.3, -0.25) is 0 Å². The molecular weight excluding hydrogens is 260 g/mol. The Labute approximate surface area is 128 Å². The summed E-state index contributed by atoms with van der Waals surface area (Å²) in [5.41, 5.74) is 7.44. The zero-order chi connectivity index (χ0) is 14.7. The van der Waals surface area contributed by atoms with Crippen molar-refractivity contribution in [3.63, 3.8) is 0 Å². The van der Waals surface area contributed by atoms with E-state index in [1.807, 2.05) is 0 Å². The highest BCUT2D eigenvalue weighted by molar-refractivity contribution is 5.32. The molecule has 1 aromatic carbocycles. The van der Waals surface area contributed by atoms with E-state index in [1.54, 1.807) is 0 Å². The van der Waals surface area contributed by atoms with Crippen molar-refractivity contribution in [2.45, 2.75) is 76.1 Å². The van der Waals surface area contributed by atoms with E-state index in [4.69, 9.17) is 10.5 Å². The lowest BCUT2D eigenvalue weighted by Crippen LogP contribution is -2.53. The summed E-state index contributed by atoms with van der Waals surface area (Å²) in [4.78, 5) is 0. The van der Waals surface area contributed by atoms with E-state index in [9.17, 15) is 0 Å². The average Bonchev–Trinajstić information content (AvgIpc) is 2.89. The van der Waals surface area contributed by atoms with Crippen LogP contribution < -0.4 is 15.8 Å². The van der Waals surface area contributed by atoms with Crippen LogP contribution in [0.4, 0.5) is 0 Å². The van der Waals surface area contributed by atoms with Crippen molar-refractivity contribution in [1.29, 1.82) is 0 Å². The first-order valence-corrected chi connectivity index (χ1v) is 8.48. The molecule has 3 nitrogen and oxygen atoms in total. The Balaban J connectivity index is 1.65. The average molecular weight is 288 g/mol. The zero-order valence-electron chi connectivity index (χ0n) is 13.1. The predicted octanol–water partition coefficient (Wildman–Crippen LogP) is 3.15. The van der Waals surface area contributed by atoms with Crippen LogP contribution in [0, 0.1) is 6.92 Å². The van der Waals surface area contributed by atoms with Crippen molar-refractivity contribution in [3.05, 3.63) is 29.8 Å². The first kappa shape index (κ1) is 14.9. The van der Waals surface area contributed by atoms with Crippen LogP contribution in [-0.2, 0) is 0 Å². The van der Waals surface area contributed by atoms with Crippen molar-refractivity contribution in [3.8, 4) is 5.75 Å². The van der Waals surface area contributed by atoms with Crippen molar-refractivity contribution < 1.29 is 4.74 Å². The Kier molecular flexibility index (Phi) is 4.81. The number of para-hydroxylation sites is 1. The van der Waals surface area contributed by atoms with Crippen molar-refractivity contribution >= 4 is 0 Å². The molecule has 2 aliphatic carbocycles. The molecule has 0 aliphatic heterocycles. The molecule has 0 heterocycles. The van der Waals surface area contributed by atoms with Gasteiger partial charge in [0.2, 0.25) is 0 Å². The minimum atomic E-state index is 0.285. The summed E-state index contributed by atoms with van der Waals surface area (Å²) in [6.45, 7) is 2.12. The van der Waals surface area contributed by atoms with Crippen LogP contribution in [0.15, 0.2) is 24.3 Å². The van der Waals surface area contributed by atoms with Crippen molar-refractivity contribution in [2.24, 2.45) is 5.73 Å². The normalized spacial score (nSPS) is 33.0. The smallest absolute Gasteiger partial charge is 0.122 e. The topological polar surface area (TPSA) is 47.3 Å². The van der Waals surface area contributed by atoms with E-state index < -0.39 is 0 Å². The van der Waals surface area contributed by atoms with Gasteiger partial charge in [0.15, 0.2) is 0 Å². The number of aryl methyl sites for hydroxylation is 1. The van der Waals surface area contributed by atoms with Crippen LogP contribution in [0.3, 0.4) is 0 Å². The Hall–Kier alpha value is -1.06. The number of nitrogens with two attached hydrogens (primary N) is 1. The molecule has 1 aromatic rings. The summed E-state index contributed by atoms with van der Waals surface area (Å²) in [6.07, 6.45) is 8.84. The highest BCUT2D eigenvalue weighted by Gasteiger charge is 2.32. The molecule has 116 valence electrons. The lowest BCUT2D eigenvalue weighted by molar-refractivity contribution is 0.105. The largest absolute Gasteiger partial charge is 0.489 e. The SMILES string of the molecule is Cc1ccccc1O[C@H]1CCCC[C@H]1N[C@@H]1CCC[C@@H]1N. The van der Waals surface area contributed by atoms with Gasteiger partial charge in [-0.25, -0.2) is 0 Å². The third-order valence-corrected chi connectivity index (χ3v) is 5.07. The second-order valence-corrected chi connectivity index (χ2v) is 6.68. The summed E-state index contributed by atoms with van der Waals surface area (Å²) in [5.74, 6) is 1.03. The zero-order valence-corrected chi connectivity index (χ0v) is 13.1. The van der Waals surface area contributed by atoms with Gasteiger partial charge in [0.25, 0.3) is 0 Å². The quantitative estimate of drug-likeness (QED) is 0.894. The molecule has 0 radical (unpaired) electrons. The molecule has 3 N–H and O–H groups in total. The first-order chi connectivity index (χ1) is 10.2. The van der Waals surface area contributed by atoms with E-state index in [2.05, 4.69) is 36.5 Å². The van der Waals surface area contributed by atoms with Gasteiger partial charge >= 0.3 is 0 Å². The second kappa shape index (κ2) is 6.80. The predicted molar refractivity (Wildman–Crippen MR) is 86.6 cm³/mol. The molecule has 3 heteroatoms. The van der Waals surface area contributed by atoms with Crippen LogP contribution in [-0.4, -0.2) is 24.2 Å². The van der Waals surface area contributed by atoms with Crippen LogP contribution >= 0.6 is 0 Å². The van der Waals surface area contributed by atoms with Gasteiger partial charge in [0, 0.05) is 18.1 Å². The summed E-state index contributed by atoms with van der Waals surface area (Å²) < 4.78 is 6.34. The van der Waals surface area contributed by atoms with E-state index in [0.717, 1.165) is 18.6 Å². The van der Waals surface area contributed by atoms with E-state index in [-0.39, 0.29) is 6.10 Å². The number of hydrogen-bond acceptors (Lipinski definition) is 3. The molecule has 21 heavy (non-hydrogen) atoms. The molecule has 0 saturated heterocycles. The number of rotatable bonds is 4. The molecule has 4 atom stereocenters.